The summed E-state index contributed by atoms with van der Waals surface area (Å²) in [6, 6.07) is 13.0. The molecule has 2 heterocycles. The van der Waals surface area contributed by atoms with Gasteiger partial charge in [-0.25, -0.2) is 4.98 Å². The second-order valence-corrected chi connectivity index (χ2v) is 5.62. The van der Waals surface area contributed by atoms with E-state index in [2.05, 4.69) is 15.6 Å². The molecule has 3 rings (SSSR count). The minimum absolute atomic E-state index is 0.0802. The lowest BCUT2D eigenvalue weighted by atomic mass is 10.2. The number of carbonyl (C=O) groups is 2. The highest BCUT2D eigenvalue weighted by atomic mass is 16.5. The normalized spacial score (nSPS) is 16.5. The number of carbonyl (C=O) groups excluding carboxylic acids is 2. The van der Waals surface area contributed by atoms with Crippen LogP contribution in [0.3, 0.4) is 0 Å². The van der Waals surface area contributed by atoms with Crippen molar-refractivity contribution in [3.05, 3.63) is 59.8 Å². The largest absolute Gasteiger partial charge is 0.473 e. The number of rotatable bonds is 6. The van der Waals surface area contributed by atoms with Crippen LogP contribution in [0.4, 0.5) is 0 Å². The minimum atomic E-state index is -0.442. The summed E-state index contributed by atoms with van der Waals surface area (Å²) in [4.78, 5) is 27.5. The van der Waals surface area contributed by atoms with Crippen molar-refractivity contribution in [3.63, 3.8) is 0 Å². The highest BCUT2D eigenvalue weighted by molar-refractivity contribution is 5.90. The summed E-state index contributed by atoms with van der Waals surface area (Å²) in [5, 5.41) is 5.48. The molecule has 0 saturated carbocycles. The molecule has 0 unspecified atom stereocenters. The Kier molecular flexibility index (Phi) is 5.05. The van der Waals surface area contributed by atoms with Gasteiger partial charge in [-0.05, 0) is 18.1 Å². The third-order valence-electron chi connectivity index (χ3n) is 3.83. The van der Waals surface area contributed by atoms with E-state index in [1.54, 1.807) is 12.3 Å². The van der Waals surface area contributed by atoms with Crippen molar-refractivity contribution < 1.29 is 14.3 Å². The van der Waals surface area contributed by atoms with Crippen molar-refractivity contribution in [1.82, 2.24) is 15.6 Å². The molecule has 1 aromatic heterocycles. The average Bonchev–Trinajstić information content (AvgIpc) is 3.06. The van der Waals surface area contributed by atoms with Crippen molar-refractivity contribution in [2.45, 2.75) is 32.0 Å². The first-order valence-corrected chi connectivity index (χ1v) is 7.90. The topological polar surface area (TPSA) is 80.3 Å². The van der Waals surface area contributed by atoms with E-state index in [0.717, 1.165) is 11.1 Å². The molecule has 1 aliphatic rings. The standard InChI is InChI=1S/C18H19N3O3/c22-16-9-8-15(21-16)17(23)20-11-14-7-4-10-19-18(14)24-12-13-5-2-1-3-6-13/h1-7,10,15H,8-9,11-12H2,(H,20,23)(H,21,22)/t15-/m0/s1. The fraction of sp³-hybridized carbons (Fsp3) is 0.278. The molecular weight excluding hydrogens is 306 g/mol. The molecule has 24 heavy (non-hydrogen) atoms. The summed E-state index contributed by atoms with van der Waals surface area (Å²) < 4.78 is 5.77. The molecule has 0 bridgehead atoms. The van der Waals surface area contributed by atoms with Gasteiger partial charge in [0.2, 0.25) is 17.7 Å². The Morgan fingerprint density at radius 1 is 1.25 bits per heavy atom. The number of hydrogen-bond acceptors (Lipinski definition) is 4. The number of ether oxygens (including phenoxy) is 1. The van der Waals surface area contributed by atoms with Gasteiger partial charge in [0.25, 0.3) is 0 Å². The Morgan fingerprint density at radius 2 is 2.08 bits per heavy atom. The molecule has 1 aliphatic heterocycles. The van der Waals surface area contributed by atoms with Crippen LogP contribution in [-0.2, 0) is 22.7 Å². The first kappa shape index (κ1) is 16.0. The van der Waals surface area contributed by atoms with Gasteiger partial charge in [0.1, 0.15) is 12.6 Å². The van der Waals surface area contributed by atoms with Crippen molar-refractivity contribution in [2.75, 3.05) is 0 Å². The maximum atomic E-state index is 12.1. The third-order valence-corrected chi connectivity index (χ3v) is 3.83. The van der Waals surface area contributed by atoms with Gasteiger partial charge in [0.15, 0.2) is 0 Å². The molecular formula is C18H19N3O3. The Labute approximate surface area is 140 Å². The lowest BCUT2D eigenvalue weighted by molar-refractivity contribution is -0.125. The third kappa shape index (κ3) is 4.10. The molecule has 0 radical (unpaired) electrons. The second kappa shape index (κ2) is 7.59. The summed E-state index contributed by atoms with van der Waals surface area (Å²) in [6.45, 7) is 0.723. The van der Waals surface area contributed by atoms with E-state index < -0.39 is 6.04 Å². The van der Waals surface area contributed by atoms with Crippen LogP contribution in [0.15, 0.2) is 48.7 Å². The van der Waals surface area contributed by atoms with Crippen LogP contribution in [0, 0.1) is 0 Å². The van der Waals surface area contributed by atoms with Crippen LogP contribution in [0.25, 0.3) is 0 Å². The van der Waals surface area contributed by atoms with Crippen molar-refractivity contribution >= 4 is 11.8 Å². The Hall–Kier alpha value is -2.89. The van der Waals surface area contributed by atoms with E-state index in [0.29, 0.717) is 31.9 Å². The van der Waals surface area contributed by atoms with Crippen LogP contribution in [-0.4, -0.2) is 22.8 Å². The molecule has 2 N–H and O–H groups in total. The highest BCUT2D eigenvalue weighted by Crippen LogP contribution is 2.16. The van der Waals surface area contributed by atoms with Crippen molar-refractivity contribution in [1.29, 1.82) is 0 Å². The van der Waals surface area contributed by atoms with E-state index in [4.69, 9.17) is 4.74 Å². The quantitative estimate of drug-likeness (QED) is 0.844. The molecule has 1 atom stereocenters. The molecule has 0 spiro atoms. The number of nitrogens with one attached hydrogen (secondary N) is 2. The molecule has 0 aliphatic carbocycles. The van der Waals surface area contributed by atoms with Gasteiger partial charge in [-0.3, -0.25) is 9.59 Å². The first-order valence-electron chi connectivity index (χ1n) is 7.90. The van der Waals surface area contributed by atoms with Crippen molar-refractivity contribution in [3.8, 4) is 5.88 Å². The number of benzene rings is 1. The monoisotopic (exact) mass is 325 g/mol. The number of amides is 2. The molecule has 1 fully saturated rings. The number of hydrogen-bond donors (Lipinski definition) is 2. The Morgan fingerprint density at radius 3 is 2.83 bits per heavy atom. The molecule has 2 aromatic rings. The Bertz CT molecular complexity index is 718. The molecule has 2 amide bonds. The summed E-state index contributed by atoms with van der Waals surface area (Å²) in [6.07, 6.45) is 2.59. The maximum absolute atomic E-state index is 12.1. The van der Waals surface area contributed by atoms with Gasteiger partial charge in [0, 0.05) is 24.7 Å². The first-order chi connectivity index (χ1) is 11.7. The predicted molar refractivity (Wildman–Crippen MR) is 88.0 cm³/mol. The van der Waals surface area contributed by atoms with Crippen LogP contribution in [0.5, 0.6) is 5.88 Å². The summed E-state index contributed by atoms with van der Waals surface area (Å²) in [5.74, 6) is 0.235. The second-order valence-electron chi connectivity index (χ2n) is 5.62. The molecule has 1 saturated heterocycles. The molecule has 1 aromatic carbocycles. The number of aromatic nitrogens is 1. The van der Waals surface area contributed by atoms with Crippen molar-refractivity contribution in [2.24, 2.45) is 0 Å². The molecule has 6 nitrogen and oxygen atoms in total. The van der Waals surface area contributed by atoms with Gasteiger partial charge < -0.3 is 15.4 Å². The van der Waals surface area contributed by atoms with E-state index in [9.17, 15) is 9.59 Å². The average molecular weight is 325 g/mol. The smallest absolute Gasteiger partial charge is 0.242 e. The molecule has 6 heteroatoms. The predicted octanol–water partition coefficient (Wildman–Crippen LogP) is 1.56. The number of pyridine rings is 1. The van der Waals surface area contributed by atoms with Gasteiger partial charge >= 0.3 is 0 Å². The highest BCUT2D eigenvalue weighted by Gasteiger charge is 2.26. The van der Waals surface area contributed by atoms with Gasteiger partial charge in [0.05, 0.1) is 0 Å². The zero-order chi connectivity index (χ0) is 16.8. The zero-order valence-electron chi connectivity index (χ0n) is 13.2. The maximum Gasteiger partial charge on any atom is 0.242 e. The Balaban J connectivity index is 1.57. The summed E-state index contributed by atoms with van der Waals surface area (Å²) in [7, 11) is 0. The van der Waals surface area contributed by atoms with Gasteiger partial charge in [-0.2, -0.15) is 0 Å². The van der Waals surface area contributed by atoms with Crippen LogP contribution in [0.2, 0.25) is 0 Å². The number of nitrogens with zero attached hydrogens (tertiary/aromatic N) is 1. The summed E-state index contributed by atoms with van der Waals surface area (Å²) in [5.41, 5.74) is 1.85. The van der Waals surface area contributed by atoms with E-state index >= 15 is 0 Å². The summed E-state index contributed by atoms with van der Waals surface area (Å²) >= 11 is 0. The van der Waals surface area contributed by atoms with Gasteiger partial charge in [-0.1, -0.05) is 36.4 Å². The van der Waals surface area contributed by atoms with E-state index in [1.807, 2.05) is 36.4 Å². The SMILES string of the molecule is O=C1CC[C@@H](C(=O)NCc2cccnc2OCc2ccccc2)N1. The van der Waals surface area contributed by atoms with E-state index in [-0.39, 0.29) is 11.8 Å². The molecule has 124 valence electrons. The minimum Gasteiger partial charge on any atom is -0.473 e. The zero-order valence-corrected chi connectivity index (χ0v) is 13.2. The fourth-order valence-corrected chi connectivity index (χ4v) is 2.53. The fourth-order valence-electron chi connectivity index (χ4n) is 2.53. The van der Waals surface area contributed by atoms with Crippen LogP contribution >= 0.6 is 0 Å². The van der Waals surface area contributed by atoms with Crippen LogP contribution < -0.4 is 15.4 Å². The lowest BCUT2D eigenvalue weighted by Crippen LogP contribution is -2.41. The lowest BCUT2D eigenvalue weighted by Gasteiger charge is -2.13. The van der Waals surface area contributed by atoms with Gasteiger partial charge in [-0.15, -0.1) is 0 Å². The van der Waals surface area contributed by atoms with E-state index in [1.165, 1.54) is 0 Å². The van der Waals surface area contributed by atoms with Crippen LogP contribution in [0.1, 0.15) is 24.0 Å².